The first kappa shape index (κ1) is 16.5. The molecule has 2 rings (SSSR count). The van der Waals surface area contributed by atoms with Gasteiger partial charge in [-0.05, 0) is 31.0 Å². The lowest BCUT2D eigenvalue weighted by Crippen LogP contribution is -2.28. The molecule has 2 aromatic rings. The first-order valence-electron chi connectivity index (χ1n) is 7.39. The van der Waals surface area contributed by atoms with Crippen molar-refractivity contribution in [3.8, 4) is 17.1 Å². The number of benzene rings is 1. The highest BCUT2D eigenvalue weighted by Gasteiger charge is 2.12. The van der Waals surface area contributed by atoms with Gasteiger partial charge < -0.3 is 16.2 Å². The number of aromatic nitrogens is 2. The van der Waals surface area contributed by atoms with Gasteiger partial charge in [0.2, 0.25) is 0 Å². The van der Waals surface area contributed by atoms with Crippen molar-refractivity contribution in [2.75, 3.05) is 11.9 Å². The van der Waals surface area contributed by atoms with Crippen molar-refractivity contribution in [2.45, 2.75) is 32.7 Å². The maximum atomic E-state index is 9.98. The molecule has 1 atom stereocenters. The van der Waals surface area contributed by atoms with Crippen LogP contribution in [-0.4, -0.2) is 27.7 Å². The maximum absolute atomic E-state index is 9.98. The summed E-state index contributed by atoms with van der Waals surface area (Å²) in [4.78, 5) is 8.85. The first-order chi connectivity index (χ1) is 10.5. The van der Waals surface area contributed by atoms with Crippen LogP contribution in [0.5, 0.6) is 5.75 Å². The van der Waals surface area contributed by atoms with Gasteiger partial charge in [-0.25, -0.2) is 9.97 Å². The number of halogens is 1. The maximum Gasteiger partial charge on any atom is 0.165 e. The zero-order chi connectivity index (χ0) is 16.1. The van der Waals surface area contributed by atoms with E-state index in [2.05, 4.69) is 15.3 Å². The second kappa shape index (κ2) is 7.42. The highest BCUT2D eigenvalue weighted by atomic mass is 35.5. The van der Waals surface area contributed by atoms with E-state index in [0.717, 1.165) is 24.2 Å². The molecule has 0 aliphatic carbocycles. The number of nitrogens with two attached hydrogens (primary N) is 1. The monoisotopic (exact) mass is 320 g/mol. The van der Waals surface area contributed by atoms with Crippen molar-refractivity contribution in [3.05, 3.63) is 35.0 Å². The summed E-state index contributed by atoms with van der Waals surface area (Å²) in [6, 6.07) is 4.89. The van der Waals surface area contributed by atoms with Crippen LogP contribution in [-0.2, 0) is 6.42 Å². The lowest BCUT2D eigenvalue weighted by atomic mass is 10.1. The van der Waals surface area contributed by atoms with Crippen LogP contribution in [0.4, 0.5) is 5.82 Å². The van der Waals surface area contributed by atoms with Crippen LogP contribution in [0.25, 0.3) is 11.4 Å². The molecule has 0 saturated heterocycles. The van der Waals surface area contributed by atoms with Gasteiger partial charge in [-0.1, -0.05) is 25.4 Å². The minimum Gasteiger partial charge on any atom is -0.507 e. The minimum atomic E-state index is 0.0719. The van der Waals surface area contributed by atoms with E-state index < -0.39 is 0 Å². The normalized spacial score (nSPS) is 12.2. The van der Waals surface area contributed by atoms with Crippen LogP contribution in [0.2, 0.25) is 5.02 Å². The van der Waals surface area contributed by atoms with Crippen LogP contribution >= 0.6 is 11.6 Å². The Morgan fingerprint density at radius 1 is 1.36 bits per heavy atom. The molecule has 4 N–H and O–H groups in total. The van der Waals surface area contributed by atoms with Crippen molar-refractivity contribution in [2.24, 2.45) is 5.73 Å². The molecule has 6 heteroatoms. The third-order valence-electron chi connectivity index (χ3n) is 3.50. The third kappa shape index (κ3) is 3.87. The molecule has 5 nitrogen and oxygen atoms in total. The molecule has 1 aromatic carbocycles. The Hall–Kier alpha value is -1.85. The second-order valence-electron chi connectivity index (χ2n) is 5.13. The van der Waals surface area contributed by atoms with E-state index in [1.54, 1.807) is 18.3 Å². The summed E-state index contributed by atoms with van der Waals surface area (Å²) in [5, 5.41) is 13.8. The van der Waals surface area contributed by atoms with Crippen LogP contribution in [0.15, 0.2) is 24.4 Å². The molecule has 118 valence electrons. The van der Waals surface area contributed by atoms with E-state index in [-0.39, 0.29) is 11.8 Å². The Labute approximate surface area is 135 Å². The molecule has 0 aliphatic rings. The predicted molar refractivity (Wildman–Crippen MR) is 90.3 cm³/mol. The average molecular weight is 321 g/mol. The van der Waals surface area contributed by atoms with E-state index in [9.17, 15) is 5.11 Å². The Bertz CT molecular complexity index is 648. The van der Waals surface area contributed by atoms with E-state index in [4.69, 9.17) is 17.3 Å². The summed E-state index contributed by atoms with van der Waals surface area (Å²) in [7, 11) is 0. The number of hydrogen-bond acceptors (Lipinski definition) is 5. The number of anilines is 1. The summed E-state index contributed by atoms with van der Waals surface area (Å²) in [5.74, 6) is 1.28. The smallest absolute Gasteiger partial charge is 0.165 e. The summed E-state index contributed by atoms with van der Waals surface area (Å²) in [6.07, 6.45) is 3.47. The number of aromatic hydroxyl groups is 1. The standard InChI is InChI=1S/C16H21ClN4O/c1-3-10-8-19-16(13-7-11(17)5-6-14(13)22)21-15(10)20-9-12(18)4-2/h5-8,12,22H,3-4,9,18H2,1-2H3,(H,19,20,21)/t12-/m1/s1. The van der Waals surface area contributed by atoms with Gasteiger partial charge in [-0.15, -0.1) is 0 Å². The lowest BCUT2D eigenvalue weighted by Gasteiger charge is -2.14. The van der Waals surface area contributed by atoms with Gasteiger partial charge in [0.25, 0.3) is 0 Å². The van der Waals surface area contributed by atoms with E-state index in [1.807, 2.05) is 13.8 Å². The van der Waals surface area contributed by atoms with Crippen molar-refractivity contribution >= 4 is 17.4 Å². The van der Waals surface area contributed by atoms with Crippen molar-refractivity contribution in [3.63, 3.8) is 0 Å². The van der Waals surface area contributed by atoms with Crippen LogP contribution in [0, 0.1) is 0 Å². The largest absolute Gasteiger partial charge is 0.507 e. The summed E-state index contributed by atoms with van der Waals surface area (Å²) in [5.41, 5.74) is 7.46. The van der Waals surface area contributed by atoms with E-state index in [1.165, 1.54) is 6.07 Å². The molecule has 0 radical (unpaired) electrons. The molecule has 0 fully saturated rings. The van der Waals surface area contributed by atoms with Gasteiger partial charge in [0, 0.05) is 29.4 Å². The van der Waals surface area contributed by atoms with Crippen molar-refractivity contribution < 1.29 is 5.11 Å². The Morgan fingerprint density at radius 3 is 2.82 bits per heavy atom. The average Bonchev–Trinajstić information content (AvgIpc) is 2.54. The minimum absolute atomic E-state index is 0.0719. The molecule has 1 heterocycles. The zero-order valence-electron chi connectivity index (χ0n) is 12.8. The number of nitrogens with one attached hydrogen (secondary N) is 1. The summed E-state index contributed by atoms with van der Waals surface area (Å²) in [6.45, 7) is 4.73. The molecule has 0 bridgehead atoms. The fourth-order valence-corrected chi connectivity index (χ4v) is 2.18. The molecule has 0 unspecified atom stereocenters. The van der Waals surface area contributed by atoms with Gasteiger partial charge >= 0.3 is 0 Å². The quantitative estimate of drug-likeness (QED) is 0.761. The number of phenols is 1. The zero-order valence-corrected chi connectivity index (χ0v) is 13.6. The van der Waals surface area contributed by atoms with Gasteiger partial charge in [0.1, 0.15) is 11.6 Å². The number of phenolic OH excluding ortho intramolecular Hbond substituents is 1. The molecule has 22 heavy (non-hydrogen) atoms. The van der Waals surface area contributed by atoms with Crippen molar-refractivity contribution in [1.82, 2.24) is 9.97 Å². The summed E-state index contributed by atoms with van der Waals surface area (Å²) < 4.78 is 0. The first-order valence-corrected chi connectivity index (χ1v) is 7.77. The fraction of sp³-hybridized carbons (Fsp3) is 0.375. The second-order valence-corrected chi connectivity index (χ2v) is 5.57. The van der Waals surface area contributed by atoms with E-state index in [0.29, 0.717) is 23.0 Å². The third-order valence-corrected chi connectivity index (χ3v) is 3.74. The highest BCUT2D eigenvalue weighted by molar-refractivity contribution is 6.30. The lowest BCUT2D eigenvalue weighted by molar-refractivity contribution is 0.477. The molecule has 0 aliphatic heterocycles. The molecule has 1 aromatic heterocycles. The van der Waals surface area contributed by atoms with Gasteiger partial charge in [0.05, 0.1) is 5.56 Å². The molecular formula is C16H21ClN4O. The SMILES string of the molecule is CCc1cnc(-c2cc(Cl)ccc2O)nc1NC[C@H](N)CC. The predicted octanol–water partition coefficient (Wildman–Crippen LogP) is 3.21. The number of rotatable bonds is 6. The number of aryl methyl sites for hydroxylation is 1. The van der Waals surface area contributed by atoms with E-state index >= 15 is 0 Å². The van der Waals surface area contributed by atoms with Crippen LogP contribution in [0.1, 0.15) is 25.8 Å². The molecule has 0 saturated carbocycles. The van der Waals surface area contributed by atoms with Gasteiger partial charge in [-0.3, -0.25) is 0 Å². The van der Waals surface area contributed by atoms with Gasteiger partial charge in [0.15, 0.2) is 5.82 Å². The van der Waals surface area contributed by atoms with Gasteiger partial charge in [-0.2, -0.15) is 0 Å². The Balaban J connectivity index is 2.35. The topological polar surface area (TPSA) is 84.1 Å². The Kier molecular flexibility index (Phi) is 5.57. The number of nitrogens with zero attached hydrogens (tertiary/aromatic N) is 2. The molecule has 0 amide bonds. The highest BCUT2D eigenvalue weighted by Crippen LogP contribution is 2.30. The Morgan fingerprint density at radius 2 is 2.14 bits per heavy atom. The van der Waals surface area contributed by atoms with Crippen LogP contribution in [0.3, 0.4) is 0 Å². The number of hydrogen-bond donors (Lipinski definition) is 3. The van der Waals surface area contributed by atoms with Crippen molar-refractivity contribution in [1.29, 1.82) is 0 Å². The molecular weight excluding hydrogens is 300 g/mol. The summed E-state index contributed by atoms with van der Waals surface area (Å²) >= 11 is 5.99. The molecule has 0 spiro atoms. The fourth-order valence-electron chi connectivity index (χ4n) is 2.01. The van der Waals surface area contributed by atoms with Crippen LogP contribution < -0.4 is 11.1 Å².